The molecule has 0 aliphatic rings. The van der Waals surface area contributed by atoms with Crippen LogP contribution in [0.4, 0.5) is 11.5 Å². The van der Waals surface area contributed by atoms with E-state index in [0.29, 0.717) is 4.57 Å². The van der Waals surface area contributed by atoms with E-state index in [1.807, 2.05) is 0 Å². The zero-order chi connectivity index (χ0) is 20.5. The first-order chi connectivity index (χ1) is 12.6. The summed E-state index contributed by atoms with van der Waals surface area (Å²) >= 11 is 0. The minimum atomic E-state index is -0.968. The van der Waals surface area contributed by atoms with Crippen LogP contribution in [0, 0.1) is 17.0 Å². The molecule has 0 radical (unpaired) electrons. The summed E-state index contributed by atoms with van der Waals surface area (Å²) in [4.78, 5) is 58.6. The van der Waals surface area contributed by atoms with Crippen LogP contribution in [0.15, 0.2) is 27.8 Å². The van der Waals surface area contributed by atoms with Gasteiger partial charge in [-0.1, -0.05) is 6.07 Å². The van der Waals surface area contributed by atoms with E-state index in [1.165, 1.54) is 39.2 Å². The number of anilines is 1. The molecule has 27 heavy (non-hydrogen) atoms. The maximum Gasteiger partial charge on any atom is 0.339 e. The van der Waals surface area contributed by atoms with E-state index in [2.05, 4.69) is 0 Å². The number of hydrogen-bond donors (Lipinski definition) is 1. The van der Waals surface area contributed by atoms with Gasteiger partial charge in [0.25, 0.3) is 11.2 Å². The summed E-state index contributed by atoms with van der Waals surface area (Å²) in [6.45, 7) is 0.551. The quantitative estimate of drug-likeness (QED) is 0.329. The highest BCUT2D eigenvalue weighted by atomic mass is 16.6. The first-order valence-corrected chi connectivity index (χ1v) is 7.57. The topological polar surface area (TPSA) is 157 Å². The highest BCUT2D eigenvalue weighted by Crippen LogP contribution is 2.21. The molecule has 0 unspecified atom stereocenters. The molecule has 11 nitrogen and oxygen atoms in total. The number of nitrogens with zero attached hydrogens (tertiary/aromatic N) is 3. The maximum absolute atomic E-state index is 12.3. The monoisotopic (exact) mass is 376 g/mol. The van der Waals surface area contributed by atoms with Crippen LogP contribution in [0.2, 0.25) is 0 Å². The summed E-state index contributed by atoms with van der Waals surface area (Å²) in [5.41, 5.74) is 3.28. The first-order valence-electron chi connectivity index (χ1n) is 7.57. The van der Waals surface area contributed by atoms with E-state index in [-0.39, 0.29) is 22.6 Å². The summed E-state index contributed by atoms with van der Waals surface area (Å²) < 4.78 is 6.50. The highest BCUT2D eigenvalue weighted by Gasteiger charge is 2.23. The van der Waals surface area contributed by atoms with Crippen molar-refractivity contribution >= 4 is 23.3 Å². The van der Waals surface area contributed by atoms with Crippen molar-refractivity contribution in [2.45, 2.75) is 6.92 Å². The van der Waals surface area contributed by atoms with E-state index < -0.39 is 40.1 Å². The number of carbonyl (C=O) groups excluding carboxylic acids is 2. The SMILES string of the molecule is Cc1c(C(=O)OCC(=O)c2c(N)n(C)c(=O)n(C)c2=O)cccc1[N+](=O)[O-]. The second-order valence-corrected chi connectivity index (χ2v) is 5.67. The number of nitrogens with two attached hydrogens (primary N) is 1. The van der Waals surface area contributed by atoms with Crippen LogP contribution in [-0.2, 0) is 18.8 Å². The predicted octanol–water partition coefficient (Wildman–Crippen LogP) is -0.0775. The third kappa shape index (κ3) is 3.47. The number of nitro groups is 1. The number of rotatable bonds is 5. The van der Waals surface area contributed by atoms with Gasteiger partial charge in [-0.2, -0.15) is 0 Å². The Kier molecular flexibility index (Phi) is 5.24. The summed E-state index contributed by atoms with van der Waals surface area (Å²) in [6, 6.07) is 3.85. The van der Waals surface area contributed by atoms with Crippen LogP contribution in [-0.4, -0.2) is 32.4 Å². The lowest BCUT2D eigenvalue weighted by Gasteiger charge is -2.11. The molecule has 1 heterocycles. The lowest BCUT2D eigenvalue weighted by Crippen LogP contribution is -2.42. The molecule has 0 spiro atoms. The maximum atomic E-state index is 12.3. The number of Topliss-reactive ketones (excluding diaryl/α,β-unsaturated/α-hetero) is 1. The summed E-state index contributed by atoms with van der Waals surface area (Å²) in [7, 11) is 2.46. The molecule has 0 bridgehead atoms. The van der Waals surface area contributed by atoms with Gasteiger partial charge in [0.1, 0.15) is 11.4 Å². The van der Waals surface area contributed by atoms with E-state index in [1.54, 1.807) is 0 Å². The third-order valence-corrected chi connectivity index (χ3v) is 4.04. The van der Waals surface area contributed by atoms with Crippen molar-refractivity contribution in [3.8, 4) is 0 Å². The number of nitrogen functional groups attached to an aromatic ring is 1. The second kappa shape index (κ2) is 7.23. The van der Waals surface area contributed by atoms with Gasteiger partial charge in [0.15, 0.2) is 6.61 Å². The first kappa shape index (κ1) is 19.6. The minimum absolute atomic E-state index is 0.0810. The Labute approximate surface area is 151 Å². The number of benzene rings is 1. The van der Waals surface area contributed by atoms with E-state index in [9.17, 15) is 29.3 Å². The normalized spacial score (nSPS) is 10.5. The molecule has 0 aliphatic heterocycles. The van der Waals surface area contributed by atoms with Crippen LogP contribution in [0.1, 0.15) is 26.3 Å². The van der Waals surface area contributed by atoms with Crippen molar-refractivity contribution in [1.29, 1.82) is 0 Å². The van der Waals surface area contributed by atoms with Crippen LogP contribution < -0.4 is 17.0 Å². The number of aromatic nitrogens is 2. The zero-order valence-electron chi connectivity index (χ0n) is 14.7. The van der Waals surface area contributed by atoms with Crippen LogP contribution >= 0.6 is 0 Å². The van der Waals surface area contributed by atoms with Gasteiger partial charge in [-0.05, 0) is 13.0 Å². The summed E-state index contributed by atoms with van der Waals surface area (Å²) in [6.07, 6.45) is 0. The Morgan fingerprint density at radius 3 is 2.44 bits per heavy atom. The molecule has 1 aromatic heterocycles. The predicted molar refractivity (Wildman–Crippen MR) is 93.8 cm³/mol. The molecule has 0 atom stereocenters. The van der Waals surface area contributed by atoms with Crippen molar-refractivity contribution in [3.63, 3.8) is 0 Å². The molecule has 0 amide bonds. The average Bonchev–Trinajstić information content (AvgIpc) is 2.62. The van der Waals surface area contributed by atoms with Gasteiger partial charge in [-0.3, -0.25) is 28.8 Å². The Bertz CT molecular complexity index is 1080. The second-order valence-electron chi connectivity index (χ2n) is 5.67. The van der Waals surface area contributed by atoms with Crippen LogP contribution in [0.3, 0.4) is 0 Å². The fourth-order valence-electron chi connectivity index (χ4n) is 2.45. The molecule has 2 rings (SSSR count). The molecule has 142 valence electrons. The molecule has 0 saturated heterocycles. The molecule has 2 N–H and O–H groups in total. The van der Waals surface area contributed by atoms with Crippen molar-refractivity contribution in [2.24, 2.45) is 14.1 Å². The molecule has 0 fully saturated rings. The molecule has 2 aromatic rings. The standard InChI is InChI=1S/C16H16N4O7/c1-8-9(5-4-6-10(8)20(25)26)15(23)27-7-11(21)12-13(17)18(2)16(24)19(3)14(12)22/h4-6H,7,17H2,1-3H3. The number of ether oxygens (including phenoxy) is 1. The summed E-state index contributed by atoms with van der Waals surface area (Å²) in [5, 5.41) is 10.9. The zero-order valence-corrected chi connectivity index (χ0v) is 14.7. The van der Waals surface area contributed by atoms with Crippen LogP contribution in [0.25, 0.3) is 0 Å². The number of carbonyl (C=O) groups is 2. The average molecular weight is 376 g/mol. The van der Waals surface area contributed by atoms with Crippen molar-refractivity contribution in [3.05, 3.63) is 65.8 Å². The number of ketones is 1. The Balaban J connectivity index is 2.29. The Hall–Kier alpha value is -3.76. The molecule has 0 saturated carbocycles. The van der Waals surface area contributed by atoms with Crippen molar-refractivity contribution < 1.29 is 19.2 Å². The summed E-state index contributed by atoms with van der Waals surface area (Å²) in [5.74, 6) is -2.22. The fraction of sp³-hybridized carbons (Fsp3) is 0.250. The van der Waals surface area contributed by atoms with Crippen LogP contribution in [0.5, 0.6) is 0 Å². The van der Waals surface area contributed by atoms with Crippen molar-refractivity contribution in [1.82, 2.24) is 9.13 Å². The largest absolute Gasteiger partial charge is 0.454 e. The molecule has 1 aromatic carbocycles. The van der Waals surface area contributed by atoms with E-state index >= 15 is 0 Å². The Morgan fingerprint density at radius 2 is 1.85 bits per heavy atom. The smallest absolute Gasteiger partial charge is 0.339 e. The molecular formula is C16H16N4O7. The fourth-order valence-corrected chi connectivity index (χ4v) is 2.45. The van der Waals surface area contributed by atoms with Gasteiger partial charge in [0.2, 0.25) is 5.78 Å². The number of nitro benzene ring substituents is 1. The van der Waals surface area contributed by atoms with Gasteiger partial charge in [0, 0.05) is 25.7 Å². The van der Waals surface area contributed by atoms with E-state index in [0.717, 1.165) is 4.57 Å². The van der Waals surface area contributed by atoms with Gasteiger partial charge in [-0.15, -0.1) is 0 Å². The lowest BCUT2D eigenvalue weighted by molar-refractivity contribution is -0.385. The Morgan fingerprint density at radius 1 is 1.22 bits per heavy atom. The van der Waals surface area contributed by atoms with Gasteiger partial charge in [0.05, 0.1) is 10.5 Å². The third-order valence-electron chi connectivity index (χ3n) is 4.04. The molecule has 0 aliphatic carbocycles. The lowest BCUT2D eigenvalue weighted by atomic mass is 10.1. The number of hydrogen-bond acceptors (Lipinski definition) is 8. The molecular weight excluding hydrogens is 360 g/mol. The van der Waals surface area contributed by atoms with E-state index in [4.69, 9.17) is 10.5 Å². The van der Waals surface area contributed by atoms with Gasteiger partial charge < -0.3 is 10.5 Å². The molecule has 11 heteroatoms. The minimum Gasteiger partial charge on any atom is -0.454 e. The number of esters is 1. The van der Waals surface area contributed by atoms with Gasteiger partial charge in [-0.25, -0.2) is 9.59 Å². The van der Waals surface area contributed by atoms with Gasteiger partial charge >= 0.3 is 11.7 Å². The highest BCUT2D eigenvalue weighted by molar-refractivity contribution is 6.02. The van der Waals surface area contributed by atoms with Crippen molar-refractivity contribution in [2.75, 3.05) is 12.3 Å².